The molecule has 0 aromatic carbocycles. The molecule has 0 radical (unpaired) electrons. The lowest BCUT2D eigenvalue weighted by Gasteiger charge is -2.37. The summed E-state index contributed by atoms with van der Waals surface area (Å²) < 4.78 is 0. The zero-order valence-corrected chi connectivity index (χ0v) is 14.7. The molecule has 1 unspecified atom stereocenters. The van der Waals surface area contributed by atoms with E-state index in [0.717, 1.165) is 18.4 Å². The molecular formula is C17H38N2. The summed E-state index contributed by atoms with van der Waals surface area (Å²) in [7, 11) is 0. The van der Waals surface area contributed by atoms with Gasteiger partial charge < -0.3 is 10.2 Å². The van der Waals surface area contributed by atoms with Crippen LogP contribution in [0, 0.1) is 17.3 Å². The van der Waals surface area contributed by atoms with Crippen molar-refractivity contribution in [2.45, 2.75) is 67.9 Å². The Hall–Kier alpha value is -0.0800. The van der Waals surface area contributed by atoms with Gasteiger partial charge in [0.1, 0.15) is 0 Å². The van der Waals surface area contributed by atoms with Crippen LogP contribution in [0.25, 0.3) is 0 Å². The van der Waals surface area contributed by atoms with E-state index in [-0.39, 0.29) is 0 Å². The Morgan fingerprint density at radius 1 is 0.895 bits per heavy atom. The lowest BCUT2D eigenvalue weighted by molar-refractivity contribution is 0.149. The molecule has 2 nitrogen and oxygen atoms in total. The molecule has 0 rings (SSSR count). The Morgan fingerprint density at radius 2 is 1.37 bits per heavy atom. The molecule has 2 heteroatoms. The molecule has 1 N–H and O–H groups in total. The number of nitrogens with zero attached hydrogens (tertiary/aromatic N) is 1. The summed E-state index contributed by atoms with van der Waals surface area (Å²) in [6.45, 7) is 23.3. The monoisotopic (exact) mass is 270 g/mol. The molecule has 0 heterocycles. The van der Waals surface area contributed by atoms with E-state index in [1.54, 1.807) is 0 Å². The van der Waals surface area contributed by atoms with Crippen LogP contribution < -0.4 is 5.32 Å². The van der Waals surface area contributed by atoms with Gasteiger partial charge in [-0.05, 0) is 30.2 Å². The first-order valence-corrected chi connectivity index (χ1v) is 8.12. The van der Waals surface area contributed by atoms with E-state index in [1.165, 1.54) is 26.1 Å². The average molecular weight is 271 g/mol. The summed E-state index contributed by atoms with van der Waals surface area (Å²) in [5.41, 5.74) is 0.321. The van der Waals surface area contributed by atoms with Crippen molar-refractivity contribution in [3.05, 3.63) is 0 Å². The third-order valence-electron chi connectivity index (χ3n) is 3.37. The van der Waals surface area contributed by atoms with Crippen LogP contribution in [-0.2, 0) is 0 Å². The molecule has 0 aliphatic carbocycles. The van der Waals surface area contributed by atoms with Crippen molar-refractivity contribution >= 4 is 0 Å². The fourth-order valence-electron chi connectivity index (χ4n) is 2.48. The second-order valence-electron chi connectivity index (χ2n) is 7.88. The molecule has 0 aromatic heterocycles. The molecule has 0 saturated heterocycles. The van der Waals surface area contributed by atoms with Crippen molar-refractivity contribution in [1.82, 2.24) is 10.2 Å². The van der Waals surface area contributed by atoms with E-state index in [2.05, 4.69) is 65.6 Å². The number of hydrogen-bond donors (Lipinski definition) is 1. The summed E-state index contributed by atoms with van der Waals surface area (Å²) in [5.74, 6) is 1.48. The number of hydrogen-bond acceptors (Lipinski definition) is 2. The molecule has 116 valence electrons. The minimum Gasteiger partial charge on any atom is -0.312 e. The molecule has 0 amide bonds. The summed E-state index contributed by atoms with van der Waals surface area (Å²) >= 11 is 0. The second kappa shape index (κ2) is 8.97. The van der Waals surface area contributed by atoms with Crippen molar-refractivity contribution in [3.8, 4) is 0 Å². The summed E-state index contributed by atoms with van der Waals surface area (Å²) in [6, 6.07) is 0.574. The number of rotatable bonds is 9. The molecule has 19 heavy (non-hydrogen) atoms. The first-order valence-electron chi connectivity index (χ1n) is 8.12. The van der Waals surface area contributed by atoms with Crippen LogP contribution in [0.3, 0.4) is 0 Å². The van der Waals surface area contributed by atoms with Crippen molar-refractivity contribution in [2.24, 2.45) is 17.3 Å². The minimum atomic E-state index is 0.321. The molecule has 0 aliphatic rings. The fourth-order valence-corrected chi connectivity index (χ4v) is 2.48. The Bertz CT molecular complexity index is 206. The standard InChI is InChI=1S/C17H38N2/c1-9-10-18-16(17(6,7)8)13-19(11-14(2)3)12-15(4)5/h14-16,18H,9-13H2,1-8H3. The lowest BCUT2D eigenvalue weighted by atomic mass is 9.86. The largest absolute Gasteiger partial charge is 0.312 e. The van der Waals surface area contributed by atoms with Gasteiger partial charge in [0.25, 0.3) is 0 Å². The van der Waals surface area contributed by atoms with E-state index < -0.39 is 0 Å². The molecule has 0 fully saturated rings. The maximum Gasteiger partial charge on any atom is 0.0243 e. The minimum absolute atomic E-state index is 0.321. The van der Waals surface area contributed by atoms with Crippen LogP contribution in [0.1, 0.15) is 61.8 Å². The Kier molecular flexibility index (Phi) is 8.93. The third-order valence-corrected chi connectivity index (χ3v) is 3.37. The number of nitrogens with one attached hydrogen (secondary N) is 1. The fraction of sp³-hybridized carbons (Fsp3) is 1.00. The van der Waals surface area contributed by atoms with Crippen LogP contribution in [0.15, 0.2) is 0 Å². The van der Waals surface area contributed by atoms with Gasteiger partial charge in [0.15, 0.2) is 0 Å². The highest BCUT2D eigenvalue weighted by Gasteiger charge is 2.26. The molecule has 0 spiro atoms. The SMILES string of the molecule is CCCNC(CN(CC(C)C)CC(C)C)C(C)(C)C. The lowest BCUT2D eigenvalue weighted by Crippen LogP contribution is -2.50. The molecule has 1 atom stereocenters. The van der Waals surface area contributed by atoms with Gasteiger partial charge >= 0.3 is 0 Å². The molecule has 0 aliphatic heterocycles. The van der Waals surface area contributed by atoms with Crippen LogP contribution >= 0.6 is 0 Å². The van der Waals surface area contributed by atoms with Gasteiger partial charge in [-0.25, -0.2) is 0 Å². The molecular weight excluding hydrogens is 232 g/mol. The van der Waals surface area contributed by atoms with Crippen LogP contribution in [0.2, 0.25) is 0 Å². The summed E-state index contributed by atoms with van der Waals surface area (Å²) in [5, 5.41) is 3.74. The van der Waals surface area contributed by atoms with E-state index in [0.29, 0.717) is 11.5 Å². The smallest absolute Gasteiger partial charge is 0.0243 e. The first-order chi connectivity index (χ1) is 8.66. The van der Waals surface area contributed by atoms with E-state index in [4.69, 9.17) is 0 Å². The maximum atomic E-state index is 3.74. The highest BCUT2D eigenvalue weighted by atomic mass is 15.2. The van der Waals surface area contributed by atoms with Crippen LogP contribution in [0.5, 0.6) is 0 Å². The summed E-state index contributed by atoms with van der Waals surface area (Å²) in [4.78, 5) is 2.65. The normalized spacial score (nSPS) is 14.7. The molecule has 0 saturated carbocycles. The quantitative estimate of drug-likeness (QED) is 0.681. The van der Waals surface area contributed by atoms with Crippen LogP contribution in [-0.4, -0.2) is 37.1 Å². The third kappa shape index (κ3) is 9.45. The molecule has 0 aromatic rings. The summed E-state index contributed by atoms with van der Waals surface area (Å²) in [6.07, 6.45) is 1.21. The van der Waals surface area contributed by atoms with Crippen molar-refractivity contribution in [2.75, 3.05) is 26.2 Å². The van der Waals surface area contributed by atoms with Crippen LogP contribution in [0.4, 0.5) is 0 Å². The predicted octanol–water partition coefficient (Wildman–Crippen LogP) is 4.01. The van der Waals surface area contributed by atoms with Gasteiger partial charge in [0, 0.05) is 25.7 Å². The zero-order valence-electron chi connectivity index (χ0n) is 14.7. The van der Waals surface area contributed by atoms with E-state index in [1.807, 2.05) is 0 Å². The predicted molar refractivity (Wildman–Crippen MR) is 87.7 cm³/mol. The van der Waals surface area contributed by atoms with Gasteiger partial charge in [-0.3, -0.25) is 0 Å². The van der Waals surface area contributed by atoms with Gasteiger partial charge in [0.2, 0.25) is 0 Å². The highest BCUT2D eigenvalue weighted by Crippen LogP contribution is 2.21. The zero-order chi connectivity index (χ0) is 15.1. The Morgan fingerprint density at radius 3 is 1.68 bits per heavy atom. The van der Waals surface area contributed by atoms with Gasteiger partial charge in [-0.1, -0.05) is 55.4 Å². The van der Waals surface area contributed by atoms with Crippen molar-refractivity contribution in [3.63, 3.8) is 0 Å². The maximum absolute atomic E-state index is 3.74. The van der Waals surface area contributed by atoms with Gasteiger partial charge in [-0.2, -0.15) is 0 Å². The highest BCUT2D eigenvalue weighted by molar-refractivity contribution is 4.84. The second-order valence-corrected chi connectivity index (χ2v) is 7.88. The Balaban J connectivity index is 4.61. The molecule has 0 bridgehead atoms. The van der Waals surface area contributed by atoms with E-state index in [9.17, 15) is 0 Å². The van der Waals surface area contributed by atoms with Gasteiger partial charge in [-0.15, -0.1) is 0 Å². The first kappa shape index (κ1) is 18.9. The van der Waals surface area contributed by atoms with Crippen molar-refractivity contribution < 1.29 is 0 Å². The average Bonchev–Trinajstić information content (AvgIpc) is 2.20. The van der Waals surface area contributed by atoms with Gasteiger partial charge in [0.05, 0.1) is 0 Å². The van der Waals surface area contributed by atoms with E-state index >= 15 is 0 Å². The topological polar surface area (TPSA) is 15.3 Å². The Labute approximate surface area is 122 Å². The van der Waals surface area contributed by atoms with Crippen molar-refractivity contribution in [1.29, 1.82) is 0 Å².